The number of methoxy groups -OCH3 is 1. The Morgan fingerprint density at radius 3 is 2.71 bits per heavy atom. The zero-order valence-electron chi connectivity index (χ0n) is 10.3. The van der Waals surface area contributed by atoms with E-state index in [1.54, 1.807) is 13.4 Å². The van der Waals surface area contributed by atoms with E-state index in [0.717, 1.165) is 43.2 Å². The van der Waals surface area contributed by atoms with Crippen LogP contribution in [0.1, 0.15) is 18.4 Å². The summed E-state index contributed by atoms with van der Waals surface area (Å²) in [6, 6.07) is 0. The molecule has 0 aliphatic carbocycles. The van der Waals surface area contributed by atoms with Gasteiger partial charge in [-0.3, -0.25) is 0 Å². The maximum atomic E-state index is 5.89. The average Bonchev–Trinajstić information content (AvgIpc) is 2.39. The van der Waals surface area contributed by atoms with Gasteiger partial charge in [-0.15, -0.1) is 11.6 Å². The standard InChI is InChI=1S/C12H18ClN3O/c1-9-11(14-8-15-12(9)17-2)16-5-3-10(7-13)4-6-16/h8,10H,3-7H2,1-2H3. The number of hydrogen-bond acceptors (Lipinski definition) is 4. The highest BCUT2D eigenvalue weighted by atomic mass is 35.5. The summed E-state index contributed by atoms with van der Waals surface area (Å²) in [4.78, 5) is 10.8. The second kappa shape index (κ2) is 5.54. The molecule has 1 saturated heterocycles. The normalized spacial score (nSPS) is 17.2. The van der Waals surface area contributed by atoms with Crippen molar-refractivity contribution in [1.82, 2.24) is 9.97 Å². The Balaban J connectivity index is 2.13. The molecule has 2 rings (SSSR count). The summed E-state index contributed by atoms with van der Waals surface area (Å²) in [6.45, 7) is 4.03. The van der Waals surface area contributed by atoms with Gasteiger partial charge in [0.2, 0.25) is 5.88 Å². The van der Waals surface area contributed by atoms with Gasteiger partial charge in [0, 0.05) is 19.0 Å². The van der Waals surface area contributed by atoms with Crippen molar-refractivity contribution in [3.8, 4) is 5.88 Å². The Labute approximate surface area is 107 Å². The largest absolute Gasteiger partial charge is 0.481 e. The molecule has 1 aliphatic rings. The number of alkyl halides is 1. The molecule has 0 saturated carbocycles. The molecule has 5 heteroatoms. The zero-order chi connectivity index (χ0) is 12.3. The molecule has 0 radical (unpaired) electrons. The molecule has 2 heterocycles. The Bertz CT molecular complexity index is 378. The van der Waals surface area contributed by atoms with Gasteiger partial charge in [0.1, 0.15) is 12.1 Å². The highest BCUT2D eigenvalue weighted by Crippen LogP contribution is 2.27. The lowest BCUT2D eigenvalue weighted by atomic mass is 9.99. The van der Waals surface area contributed by atoms with Gasteiger partial charge in [-0.25, -0.2) is 9.97 Å². The zero-order valence-corrected chi connectivity index (χ0v) is 11.1. The van der Waals surface area contributed by atoms with Crippen molar-refractivity contribution in [1.29, 1.82) is 0 Å². The van der Waals surface area contributed by atoms with Crippen LogP contribution in [0.15, 0.2) is 6.33 Å². The van der Waals surface area contributed by atoms with E-state index in [-0.39, 0.29) is 0 Å². The van der Waals surface area contributed by atoms with Gasteiger partial charge >= 0.3 is 0 Å². The Hall–Kier alpha value is -1.03. The van der Waals surface area contributed by atoms with Gasteiger partial charge in [-0.1, -0.05) is 0 Å². The van der Waals surface area contributed by atoms with E-state index >= 15 is 0 Å². The number of piperidine rings is 1. The van der Waals surface area contributed by atoms with E-state index in [4.69, 9.17) is 16.3 Å². The molecular weight excluding hydrogens is 238 g/mol. The molecule has 1 aliphatic heterocycles. The monoisotopic (exact) mass is 255 g/mol. The van der Waals surface area contributed by atoms with Crippen molar-refractivity contribution < 1.29 is 4.74 Å². The first-order valence-corrected chi connectivity index (χ1v) is 6.46. The molecule has 0 aromatic carbocycles. The molecule has 17 heavy (non-hydrogen) atoms. The Morgan fingerprint density at radius 2 is 2.12 bits per heavy atom. The molecule has 0 bridgehead atoms. The van der Waals surface area contributed by atoms with Crippen molar-refractivity contribution in [3.63, 3.8) is 0 Å². The number of halogens is 1. The van der Waals surface area contributed by atoms with Crippen LogP contribution in [0.2, 0.25) is 0 Å². The predicted octanol–water partition coefficient (Wildman–Crippen LogP) is 2.25. The number of ether oxygens (including phenoxy) is 1. The predicted molar refractivity (Wildman–Crippen MR) is 69.0 cm³/mol. The van der Waals surface area contributed by atoms with Crippen LogP contribution in [0.4, 0.5) is 5.82 Å². The van der Waals surface area contributed by atoms with Gasteiger partial charge in [0.15, 0.2) is 0 Å². The van der Waals surface area contributed by atoms with E-state index in [0.29, 0.717) is 11.8 Å². The number of hydrogen-bond donors (Lipinski definition) is 0. The fourth-order valence-electron chi connectivity index (χ4n) is 2.25. The molecule has 0 N–H and O–H groups in total. The second-order valence-electron chi connectivity index (χ2n) is 4.42. The minimum Gasteiger partial charge on any atom is -0.481 e. The number of aromatic nitrogens is 2. The minimum atomic E-state index is 0.650. The maximum absolute atomic E-state index is 5.89. The van der Waals surface area contributed by atoms with Crippen LogP contribution < -0.4 is 9.64 Å². The lowest BCUT2D eigenvalue weighted by Crippen LogP contribution is -2.35. The molecule has 94 valence electrons. The van der Waals surface area contributed by atoms with Crippen molar-refractivity contribution in [2.45, 2.75) is 19.8 Å². The topological polar surface area (TPSA) is 38.3 Å². The van der Waals surface area contributed by atoms with Crippen LogP contribution in [-0.2, 0) is 0 Å². The molecule has 0 spiro atoms. The molecule has 1 fully saturated rings. The molecule has 0 atom stereocenters. The fourth-order valence-corrected chi connectivity index (χ4v) is 2.56. The molecule has 4 nitrogen and oxygen atoms in total. The van der Waals surface area contributed by atoms with Crippen LogP contribution in [0.5, 0.6) is 5.88 Å². The number of anilines is 1. The molecular formula is C12H18ClN3O. The second-order valence-corrected chi connectivity index (χ2v) is 4.72. The van der Waals surface area contributed by atoms with Crippen LogP contribution in [0.25, 0.3) is 0 Å². The SMILES string of the molecule is COc1ncnc(N2CCC(CCl)CC2)c1C. The summed E-state index contributed by atoms with van der Waals surface area (Å²) < 4.78 is 5.22. The summed E-state index contributed by atoms with van der Waals surface area (Å²) in [6.07, 6.45) is 3.83. The molecule has 0 amide bonds. The van der Waals surface area contributed by atoms with E-state index in [2.05, 4.69) is 14.9 Å². The number of nitrogens with zero attached hydrogens (tertiary/aromatic N) is 3. The van der Waals surface area contributed by atoms with Crippen molar-refractivity contribution in [2.24, 2.45) is 5.92 Å². The first-order chi connectivity index (χ1) is 8.26. The Kier molecular flexibility index (Phi) is 4.05. The number of rotatable bonds is 3. The Morgan fingerprint density at radius 1 is 1.41 bits per heavy atom. The van der Waals surface area contributed by atoms with Gasteiger partial charge < -0.3 is 9.64 Å². The summed E-state index contributed by atoms with van der Waals surface area (Å²) in [5.74, 6) is 3.07. The minimum absolute atomic E-state index is 0.650. The van der Waals surface area contributed by atoms with Gasteiger partial charge in [0.25, 0.3) is 0 Å². The quantitative estimate of drug-likeness (QED) is 0.777. The van der Waals surface area contributed by atoms with Crippen molar-refractivity contribution in [2.75, 3.05) is 31.0 Å². The fraction of sp³-hybridized carbons (Fsp3) is 0.667. The highest BCUT2D eigenvalue weighted by Gasteiger charge is 2.21. The maximum Gasteiger partial charge on any atom is 0.221 e. The summed E-state index contributed by atoms with van der Waals surface area (Å²) in [5.41, 5.74) is 1.01. The smallest absolute Gasteiger partial charge is 0.221 e. The molecule has 0 unspecified atom stereocenters. The summed E-state index contributed by atoms with van der Waals surface area (Å²) >= 11 is 5.89. The third kappa shape index (κ3) is 2.63. The summed E-state index contributed by atoms with van der Waals surface area (Å²) in [7, 11) is 1.64. The van der Waals surface area contributed by atoms with Crippen LogP contribution in [0, 0.1) is 12.8 Å². The third-order valence-corrected chi connectivity index (χ3v) is 3.77. The summed E-state index contributed by atoms with van der Waals surface area (Å²) in [5, 5.41) is 0. The first kappa shape index (κ1) is 12.4. The van der Waals surface area contributed by atoms with Crippen LogP contribution in [0.3, 0.4) is 0 Å². The molecule has 1 aromatic heterocycles. The van der Waals surface area contributed by atoms with Gasteiger partial charge in [-0.2, -0.15) is 0 Å². The lowest BCUT2D eigenvalue weighted by Gasteiger charge is -2.32. The van der Waals surface area contributed by atoms with Crippen LogP contribution >= 0.6 is 11.6 Å². The van der Waals surface area contributed by atoms with E-state index in [1.807, 2.05) is 6.92 Å². The van der Waals surface area contributed by atoms with E-state index in [9.17, 15) is 0 Å². The van der Waals surface area contributed by atoms with Crippen LogP contribution in [-0.4, -0.2) is 36.0 Å². The van der Waals surface area contributed by atoms with Crippen molar-refractivity contribution >= 4 is 17.4 Å². The average molecular weight is 256 g/mol. The molecule has 1 aromatic rings. The van der Waals surface area contributed by atoms with Crippen molar-refractivity contribution in [3.05, 3.63) is 11.9 Å². The third-order valence-electron chi connectivity index (χ3n) is 3.34. The lowest BCUT2D eigenvalue weighted by molar-refractivity contribution is 0.392. The van der Waals surface area contributed by atoms with Gasteiger partial charge in [-0.05, 0) is 25.7 Å². The first-order valence-electron chi connectivity index (χ1n) is 5.92. The highest BCUT2D eigenvalue weighted by molar-refractivity contribution is 6.18. The van der Waals surface area contributed by atoms with Gasteiger partial charge in [0.05, 0.1) is 12.7 Å². The van der Waals surface area contributed by atoms with E-state index < -0.39 is 0 Å². The van der Waals surface area contributed by atoms with E-state index in [1.165, 1.54) is 0 Å².